The number of benzene rings is 2. The summed E-state index contributed by atoms with van der Waals surface area (Å²) >= 11 is 7.03. The molecule has 0 aliphatic heterocycles. The Labute approximate surface area is 136 Å². The third kappa shape index (κ3) is 4.13. The van der Waals surface area contributed by atoms with Gasteiger partial charge in [0.2, 0.25) is 0 Å². The Morgan fingerprint density at radius 1 is 1.00 bits per heavy atom. The highest BCUT2D eigenvalue weighted by molar-refractivity contribution is 9.10. The van der Waals surface area contributed by atoms with Crippen molar-refractivity contribution in [1.82, 2.24) is 0 Å². The van der Waals surface area contributed by atoms with Crippen LogP contribution in [0.1, 0.15) is 25.7 Å². The van der Waals surface area contributed by atoms with Crippen LogP contribution in [-0.4, -0.2) is 17.0 Å². The number of phenolic OH excluding ortho intramolecular Hbond substituents is 1. The minimum Gasteiger partial charge on any atom is -0.508 e. The molecule has 0 heterocycles. The number of hydrogen-bond donors (Lipinski definition) is 1. The summed E-state index contributed by atoms with van der Waals surface area (Å²) in [4.78, 5) is 0. The van der Waals surface area contributed by atoms with E-state index in [1.165, 1.54) is 19.3 Å². The van der Waals surface area contributed by atoms with Crippen molar-refractivity contribution in [2.75, 3.05) is 11.9 Å². The zero-order chi connectivity index (χ0) is 14.4. The summed E-state index contributed by atoms with van der Waals surface area (Å²) in [7, 11) is 0. The van der Waals surface area contributed by atoms with Crippen LogP contribution in [0.5, 0.6) is 11.5 Å². The average molecular weight is 402 g/mol. The monoisotopic (exact) mass is 400 g/mol. The van der Waals surface area contributed by atoms with Crippen LogP contribution < -0.4 is 4.74 Å². The number of ether oxygens (including phenoxy) is 1. The van der Waals surface area contributed by atoms with Gasteiger partial charge in [-0.15, -0.1) is 0 Å². The SMILES string of the molecule is Oc1ccc2c(Br)c(OCCCCCCBr)ccc2c1. The summed E-state index contributed by atoms with van der Waals surface area (Å²) < 4.78 is 6.79. The van der Waals surface area contributed by atoms with E-state index in [0.29, 0.717) is 0 Å². The Bertz CT molecular complexity index is 570. The summed E-state index contributed by atoms with van der Waals surface area (Å²) in [5.74, 6) is 1.15. The molecule has 2 aromatic rings. The van der Waals surface area contributed by atoms with E-state index in [0.717, 1.165) is 39.4 Å². The van der Waals surface area contributed by atoms with Crippen molar-refractivity contribution in [2.24, 2.45) is 0 Å². The van der Waals surface area contributed by atoms with Gasteiger partial charge in [0, 0.05) is 5.33 Å². The predicted octanol–water partition coefficient (Wildman–Crippen LogP) is 5.64. The molecule has 0 aliphatic carbocycles. The number of fused-ring (bicyclic) bond motifs is 1. The van der Waals surface area contributed by atoms with Crippen molar-refractivity contribution in [3.8, 4) is 11.5 Å². The Morgan fingerprint density at radius 3 is 2.60 bits per heavy atom. The fourth-order valence-electron chi connectivity index (χ4n) is 2.10. The molecule has 2 nitrogen and oxygen atoms in total. The Hall–Kier alpha value is -0.740. The minimum absolute atomic E-state index is 0.282. The van der Waals surface area contributed by atoms with Crippen LogP contribution >= 0.6 is 31.9 Å². The van der Waals surface area contributed by atoms with E-state index in [-0.39, 0.29) is 5.75 Å². The van der Waals surface area contributed by atoms with Crippen molar-refractivity contribution in [3.05, 3.63) is 34.8 Å². The normalized spacial score (nSPS) is 10.9. The van der Waals surface area contributed by atoms with E-state index < -0.39 is 0 Å². The highest BCUT2D eigenvalue weighted by Gasteiger charge is 2.06. The lowest BCUT2D eigenvalue weighted by atomic mass is 10.1. The lowest BCUT2D eigenvalue weighted by molar-refractivity contribution is 0.304. The van der Waals surface area contributed by atoms with Crippen LogP contribution in [0, 0.1) is 0 Å². The average Bonchev–Trinajstić information content (AvgIpc) is 2.44. The Morgan fingerprint density at radius 2 is 1.80 bits per heavy atom. The standard InChI is InChI=1S/C16H18Br2O2/c17-9-3-1-2-4-10-20-15-8-5-12-11-13(19)6-7-14(12)16(15)18/h5-8,11,19H,1-4,9-10H2. The molecule has 0 spiro atoms. The summed E-state index contributed by atoms with van der Waals surface area (Å²) in [6.45, 7) is 0.741. The van der Waals surface area contributed by atoms with Gasteiger partial charge in [0.25, 0.3) is 0 Å². The number of halogens is 2. The molecule has 0 amide bonds. The number of rotatable bonds is 7. The molecule has 0 unspecified atom stereocenters. The van der Waals surface area contributed by atoms with Gasteiger partial charge in [-0.25, -0.2) is 0 Å². The Kier molecular flexibility index (Phi) is 6.17. The van der Waals surface area contributed by atoms with Crippen LogP contribution in [0.15, 0.2) is 34.8 Å². The van der Waals surface area contributed by atoms with E-state index in [9.17, 15) is 5.11 Å². The second kappa shape index (κ2) is 7.89. The first-order valence-corrected chi connectivity index (χ1v) is 8.74. The first kappa shape index (κ1) is 15.6. The molecule has 0 saturated heterocycles. The van der Waals surface area contributed by atoms with Gasteiger partial charge in [-0.1, -0.05) is 34.8 Å². The molecular formula is C16H18Br2O2. The number of alkyl halides is 1. The first-order valence-electron chi connectivity index (χ1n) is 6.82. The van der Waals surface area contributed by atoms with Crippen molar-refractivity contribution in [3.63, 3.8) is 0 Å². The smallest absolute Gasteiger partial charge is 0.134 e. The van der Waals surface area contributed by atoms with Gasteiger partial charge in [-0.05, 0) is 63.8 Å². The molecule has 0 saturated carbocycles. The molecule has 20 heavy (non-hydrogen) atoms. The van der Waals surface area contributed by atoms with Crippen molar-refractivity contribution in [1.29, 1.82) is 0 Å². The molecule has 0 aromatic heterocycles. The quantitative estimate of drug-likeness (QED) is 0.480. The molecule has 108 valence electrons. The van der Waals surface area contributed by atoms with Crippen LogP contribution in [0.4, 0.5) is 0 Å². The topological polar surface area (TPSA) is 29.5 Å². The fourth-order valence-corrected chi connectivity index (χ4v) is 3.11. The van der Waals surface area contributed by atoms with Crippen LogP contribution in [0.3, 0.4) is 0 Å². The molecule has 0 aliphatic rings. The van der Waals surface area contributed by atoms with E-state index in [4.69, 9.17) is 4.74 Å². The van der Waals surface area contributed by atoms with Gasteiger partial charge in [0.1, 0.15) is 11.5 Å². The molecule has 0 fully saturated rings. The second-order valence-corrected chi connectivity index (χ2v) is 6.32. The number of phenols is 1. The number of aromatic hydroxyl groups is 1. The van der Waals surface area contributed by atoms with E-state index in [1.54, 1.807) is 12.1 Å². The number of unbranched alkanes of at least 4 members (excludes halogenated alkanes) is 3. The Balaban J connectivity index is 1.97. The lowest BCUT2D eigenvalue weighted by Crippen LogP contribution is -1.98. The second-order valence-electron chi connectivity index (χ2n) is 4.73. The maximum atomic E-state index is 9.48. The number of hydrogen-bond acceptors (Lipinski definition) is 2. The molecule has 0 atom stereocenters. The summed E-state index contributed by atoms with van der Waals surface area (Å²) in [5, 5.41) is 12.6. The van der Waals surface area contributed by atoms with Gasteiger partial charge >= 0.3 is 0 Å². The lowest BCUT2D eigenvalue weighted by Gasteiger charge is -2.10. The van der Waals surface area contributed by atoms with Crippen LogP contribution in [0.25, 0.3) is 10.8 Å². The van der Waals surface area contributed by atoms with Crippen molar-refractivity contribution < 1.29 is 9.84 Å². The fraction of sp³-hybridized carbons (Fsp3) is 0.375. The molecule has 2 aromatic carbocycles. The predicted molar refractivity (Wildman–Crippen MR) is 91.1 cm³/mol. The first-order chi connectivity index (χ1) is 9.72. The maximum Gasteiger partial charge on any atom is 0.134 e. The molecule has 0 bridgehead atoms. The third-order valence-corrected chi connectivity index (χ3v) is 4.57. The third-order valence-electron chi connectivity index (χ3n) is 3.19. The highest BCUT2D eigenvalue weighted by Crippen LogP contribution is 2.34. The molecule has 2 rings (SSSR count). The molecular weight excluding hydrogens is 384 g/mol. The summed E-state index contributed by atoms with van der Waals surface area (Å²) in [5.41, 5.74) is 0. The van der Waals surface area contributed by atoms with Crippen molar-refractivity contribution in [2.45, 2.75) is 25.7 Å². The molecule has 0 radical (unpaired) electrons. The van der Waals surface area contributed by atoms with Gasteiger partial charge in [-0.3, -0.25) is 0 Å². The van der Waals surface area contributed by atoms with E-state index in [1.807, 2.05) is 18.2 Å². The van der Waals surface area contributed by atoms with E-state index in [2.05, 4.69) is 31.9 Å². The van der Waals surface area contributed by atoms with Gasteiger partial charge in [0.15, 0.2) is 0 Å². The van der Waals surface area contributed by atoms with E-state index >= 15 is 0 Å². The largest absolute Gasteiger partial charge is 0.508 e. The zero-order valence-electron chi connectivity index (χ0n) is 11.2. The molecule has 1 N–H and O–H groups in total. The summed E-state index contributed by atoms with van der Waals surface area (Å²) in [6.07, 6.45) is 4.74. The highest BCUT2D eigenvalue weighted by atomic mass is 79.9. The van der Waals surface area contributed by atoms with Gasteiger partial charge < -0.3 is 9.84 Å². The minimum atomic E-state index is 0.282. The van der Waals surface area contributed by atoms with Crippen LogP contribution in [0.2, 0.25) is 0 Å². The van der Waals surface area contributed by atoms with Gasteiger partial charge in [-0.2, -0.15) is 0 Å². The maximum absolute atomic E-state index is 9.48. The van der Waals surface area contributed by atoms with Crippen molar-refractivity contribution >= 4 is 42.6 Å². The zero-order valence-corrected chi connectivity index (χ0v) is 14.4. The van der Waals surface area contributed by atoms with Crippen LogP contribution in [-0.2, 0) is 0 Å². The summed E-state index contributed by atoms with van der Waals surface area (Å²) in [6, 6.07) is 9.27. The molecule has 4 heteroatoms. The van der Waals surface area contributed by atoms with Gasteiger partial charge in [0.05, 0.1) is 11.1 Å².